The Morgan fingerprint density at radius 3 is 2.56 bits per heavy atom. The summed E-state index contributed by atoms with van der Waals surface area (Å²) in [6.45, 7) is 0.975. The first kappa shape index (κ1) is 13.9. The molecule has 0 amide bonds. The number of benzene rings is 1. The average Bonchev–Trinajstić information content (AvgIpc) is 2.17. The quantitative estimate of drug-likeness (QED) is 0.818. The fraction of sp³-hybridized carbons (Fsp3) is 0.455. The molecule has 1 heterocycles. The minimum Gasteiger partial charge on any atom is -0.508 e. The van der Waals surface area contributed by atoms with Gasteiger partial charge in [-0.3, -0.25) is 0 Å². The molecule has 0 spiro atoms. The second kappa shape index (κ2) is 5.97. The lowest BCUT2D eigenvalue weighted by atomic mass is 9.97. The smallest absolute Gasteiger partial charge is 0.123 e. The van der Waals surface area contributed by atoms with Gasteiger partial charge >= 0.3 is 0 Å². The van der Waals surface area contributed by atoms with E-state index < -0.39 is 0 Å². The molecular formula is C11H14Cl3NO. The van der Waals surface area contributed by atoms with Crippen LogP contribution in [0, 0.1) is 0 Å². The van der Waals surface area contributed by atoms with Gasteiger partial charge in [0.25, 0.3) is 0 Å². The Hall–Kier alpha value is -0.150. The maximum absolute atomic E-state index is 9.82. The molecule has 0 aliphatic carbocycles. The topological polar surface area (TPSA) is 32.3 Å². The van der Waals surface area contributed by atoms with Crippen molar-refractivity contribution in [3.63, 3.8) is 0 Å². The normalized spacial score (nSPS) is 20.2. The van der Waals surface area contributed by atoms with Crippen molar-refractivity contribution in [3.05, 3.63) is 27.7 Å². The zero-order chi connectivity index (χ0) is 10.8. The molecule has 0 saturated carbocycles. The van der Waals surface area contributed by atoms with E-state index in [0.717, 1.165) is 24.9 Å². The molecular weight excluding hydrogens is 268 g/mol. The Kier molecular flexibility index (Phi) is 5.19. The lowest BCUT2D eigenvalue weighted by Crippen LogP contribution is -2.27. The molecule has 1 atom stereocenters. The fourth-order valence-corrected chi connectivity index (χ4v) is 2.63. The molecule has 1 saturated heterocycles. The van der Waals surface area contributed by atoms with Crippen LogP contribution in [0.1, 0.15) is 30.9 Å². The van der Waals surface area contributed by atoms with Crippen LogP contribution in [0.15, 0.2) is 12.1 Å². The monoisotopic (exact) mass is 281 g/mol. The molecule has 1 aromatic carbocycles. The summed E-state index contributed by atoms with van der Waals surface area (Å²) in [6.07, 6.45) is 3.35. The third-order valence-corrected chi connectivity index (χ3v) is 3.26. The van der Waals surface area contributed by atoms with Gasteiger partial charge in [-0.1, -0.05) is 29.6 Å². The molecule has 2 rings (SSSR count). The van der Waals surface area contributed by atoms with Gasteiger partial charge in [0.1, 0.15) is 5.75 Å². The maximum atomic E-state index is 9.82. The molecule has 16 heavy (non-hydrogen) atoms. The highest BCUT2D eigenvalue weighted by molar-refractivity contribution is 6.35. The number of nitrogens with one attached hydrogen (secondary N) is 1. The molecule has 1 aliphatic heterocycles. The zero-order valence-electron chi connectivity index (χ0n) is 8.67. The predicted molar refractivity (Wildman–Crippen MR) is 70.0 cm³/mol. The van der Waals surface area contributed by atoms with Crippen molar-refractivity contribution in [2.45, 2.75) is 25.3 Å². The number of aromatic hydroxyl groups is 1. The Bertz CT molecular complexity index is 341. The number of hydrogen-bond donors (Lipinski definition) is 2. The van der Waals surface area contributed by atoms with E-state index in [9.17, 15) is 5.11 Å². The minimum absolute atomic E-state index is 0. The third-order valence-electron chi connectivity index (χ3n) is 2.73. The molecule has 90 valence electrons. The summed E-state index contributed by atoms with van der Waals surface area (Å²) < 4.78 is 0. The van der Waals surface area contributed by atoms with E-state index in [1.807, 2.05) is 0 Å². The molecule has 0 radical (unpaired) electrons. The van der Waals surface area contributed by atoms with E-state index in [1.165, 1.54) is 6.42 Å². The van der Waals surface area contributed by atoms with Crippen LogP contribution in [-0.4, -0.2) is 11.7 Å². The number of phenolic OH excluding ortho intramolecular Hbond substituents is 1. The van der Waals surface area contributed by atoms with Crippen LogP contribution in [0.3, 0.4) is 0 Å². The van der Waals surface area contributed by atoms with Crippen LogP contribution in [-0.2, 0) is 0 Å². The number of rotatable bonds is 1. The van der Waals surface area contributed by atoms with Gasteiger partial charge in [0.05, 0.1) is 5.02 Å². The van der Waals surface area contributed by atoms with Gasteiger partial charge in [0.2, 0.25) is 0 Å². The van der Waals surface area contributed by atoms with E-state index in [-0.39, 0.29) is 24.2 Å². The molecule has 0 unspecified atom stereocenters. The lowest BCUT2D eigenvalue weighted by Gasteiger charge is -2.25. The summed E-state index contributed by atoms with van der Waals surface area (Å²) >= 11 is 11.9. The van der Waals surface area contributed by atoms with Crippen molar-refractivity contribution in [1.29, 1.82) is 0 Å². The standard InChI is InChI=1S/C11H13Cl2NO.ClH/c12-7-5-8(13)11(10(15)6-7)9-3-1-2-4-14-9;/h5-6,9,14-15H,1-4H2;1H/t9-;/m0./s1. The summed E-state index contributed by atoms with van der Waals surface area (Å²) in [4.78, 5) is 0. The van der Waals surface area contributed by atoms with E-state index in [2.05, 4.69) is 5.32 Å². The highest BCUT2D eigenvalue weighted by atomic mass is 35.5. The first-order valence-corrected chi connectivity index (χ1v) is 5.85. The maximum Gasteiger partial charge on any atom is 0.123 e. The number of piperidine rings is 1. The summed E-state index contributed by atoms with van der Waals surface area (Å²) in [7, 11) is 0. The van der Waals surface area contributed by atoms with Crippen LogP contribution >= 0.6 is 35.6 Å². The zero-order valence-corrected chi connectivity index (χ0v) is 11.0. The van der Waals surface area contributed by atoms with Gasteiger partial charge < -0.3 is 10.4 Å². The van der Waals surface area contributed by atoms with Crippen molar-refractivity contribution in [2.24, 2.45) is 0 Å². The Labute approximate surface area is 111 Å². The Balaban J connectivity index is 0.00000128. The van der Waals surface area contributed by atoms with E-state index in [4.69, 9.17) is 23.2 Å². The highest BCUT2D eigenvalue weighted by Gasteiger charge is 2.21. The summed E-state index contributed by atoms with van der Waals surface area (Å²) in [5.41, 5.74) is 0.778. The van der Waals surface area contributed by atoms with Crippen molar-refractivity contribution in [2.75, 3.05) is 6.54 Å². The molecule has 1 aliphatic rings. The second-order valence-electron chi connectivity index (χ2n) is 3.82. The first-order chi connectivity index (χ1) is 7.18. The predicted octanol–water partition coefficient (Wildman–Crippen LogP) is 3.94. The van der Waals surface area contributed by atoms with Gasteiger partial charge in [-0.05, 0) is 31.5 Å². The van der Waals surface area contributed by atoms with Crippen LogP contribution in [0.4, 0.5) is 0 Å². The SMILES string of the molecule is Cl.Oc1cc(Cl)cc(Cl)c1[C@@H]1CCCCN1. The van der Waals surface area contributed by atoms with Crippen molar-refractivity contribution in [1.82, 2.24) is 5.32 Å². The van der Waals surface area contributed by atoms with E-state index in [0.29, 0.717) is 10.0 Å². The number of phenols is 1. The minimum atomic E-state index is 0. The van der Waals surface area contributed by atoms with Crippen molar-refractivity contribution < 1.29 is 5.11 Å². The lowest BCUT2D eigenvalue weighted by molar-refractivity contribution is 0.391. The van der Waals surface area contributed by atoms with Gasteiger partial charge in [-0.2, -0.15) is 0 Å². The molecule has 0 bridgehead atoms. The van der Waals surface area contributed by atoms with Crippen molar-refractivity contribution in [3.8, 4) is 5.75 Å². The van der Waals surface area contributed by atoms with E-state index in [1.54, 1.807) is 12.1 Å². The Morgan fingerprint density at radius 1 is 1.25 bits per heavy atom. The van der Waals surface area contributed by atoms with Crippen LogP contribution < -0.4 is 5.32 Å². The summed E-state index contributed by atoms with van der Waals surface area (Å²) in [6, 6.07) is 3.37. The third kappa shape index (κ3) is 2.95. The molecule has 2 N–H and O–H groups in total. The molecule has 1 aromatic rings. The second-order valence-corrected chi connectivity index (χ2v) is 4.67. The summed E-state index contributed by atoms with van der Waals surface area (Å²) in [5, 5.41) is 14.2. The molecule has 1 fully saturated rings. The Morgan fingerprint density at radius 2 is 2.00 bits per heavy atom. The fourth-order valence-electron chi connectivity index (χ4n) is 2.01. The van der Waals surface area contributed by atoms with Crippen LogP contribution in [0.2, 0.25) is 10.0 Å². The van der Waals surface area contributed by atoms with Gasteiger partial charge in [-0.15, -0.1) is 12.4 Å². The molecule has 5 heteroatoms. The van der Waals surface area contributed by atoms with E-state index >= 15 is 0 Å². The highest BCUT2D eigenvalue weighted by Crippen LogP contribution is 2.37. The van der Waals surface area contributed by atoms with Crippen molar-refractivity contribution >= 4 is 35.6 Å². The number of halogens is 3. The van der Waals surface area contributed by atoms with Crippen LogP contribution in [0.5, 0.6) is 5.75 Å². The largest absolute Gasteiger partial charge is 0.508 e. The number of hydrogen-bond acceptors (Lipinski definition) is 2. The van der Waals surface area contributed by atoms with Crippen LogP contribution in [0.25, 0.3) is 0 Å². The molecule has 2 nitrogen and oxygen atoms in total. The first-order valence-electron chi connectivity index (χ1n) is 5.10. The van der Waals surface area contributed by atoms with Gasteiger partial charge in [0.15, 0.2) is 0 Å². The summed E-state index contributed by atoms with van der Waals surface area (Å²) in [5.74, 6) is 0.187. The average molecular weight is 283 g/mol. The molecule has 0 aromatic heterocycles. The van der Waals surface area contributed by atoms with Gasteiger partial charge in [0, 0.05) is 16.6 Å². The van der Waals surface area contributed by atoms with Gasteiger partial charge in [-0.25, -0.2) is 0 Å².